The summed E-state index contributed by atoms with van der Waals surface area (Å²) in [5.74, 6) is 0. The van der Waals surface area contributed by atoms with Crippen LogP contribution in [0.2, 0.25) is 0 Å². The Hall–Kier alpha value is -0.430. The second kappa shape index (κ2) is 5.27. The molecule has 0 saturated carbocycles. The predicted molar refractivity (Wildman–Crippen MR) is 64.3 cm³/mol. The fourth-order valence-corrected chi connectivity index (χ4v) is 3.94. The molecule has 7 heteroatoms. The van der Waals surface area contributed by atoms with Crippen molar-refractivity contribution in [3.05, 3.63) is 17.0 Å². The number of aryl methyl sites for hydroxylation is 1. The largest absolute Gasteiger partial charge is 0.279 e. The predicted octanol–water partition coefficient (Wildman–Crippen LogP) is 1.88. The molecular weight excluding hydrogens is 270 g/mol. The monoisotopic (exact) mass is 281 g/mol. The molecule has 1 unspecified atom stereocenters. The first-order chi connectivity index (χ1) is 7.36. The van der Waals surface area contributed by atoms with Crippen LogP contribution in [0.4, 0.5) is 0 Å². The maximum atomic E-state index is 11.8. The molecule has 0 aliphatic heterocycles. The maximum absolute atomic E-state index is 11.8. The molecule has 0 fully saturated rings. The van der Waals surface area contributed by atoms with Gasteiger partial charge in [-0.1, -0.05) is 6.92 Å². The molecule has 0 radical (unpaired) electrons. The smallest absolute Gasteiger partial charge is 0.250 e. The van der Waals surface area contributed by atoms with Crippen molar-refractivity contribution in [2.75, 3.05) is 0 Å². The molecule has 0 aliphatic carbocycles. The first kappa shape index (κ1) is 13.6. The van der Waals surface area contributed by atoms with Crippen LogP contribution in [0.3, 0.4) is 0 Å². The minimum atomic E-state index is -3.63. The van der Waals surface area contributed by atoms with Crippen molar-refractivity contribution in [2.24, 2.45) is 0 Å². The van der Waals surface area contributed by atoms with E-state index in [9.17, 15) is 13.2 Å². The second-order valence-electron chi connectivity index (χ2n) is 3.25. The third-order valence-corrected chi connectivity index (χ3v) is 5.19. The molecule has 0 saturated heterocycles. The zero-order valence-corrected chi connectivity index (χ0v) is 11.2. The summed E-state index contributed by atoms with van der Waals surface area (Å²) < 4.78 is 26.1. The number of hydrogen-bond donors (Lipinski definition) is 1. The molecule has 1 N–H and O–H groups in total. The van der Waals surface area contributed by atoms with Gasteiger partial charge in [-0.2, -0.15) is 4.72 Å². The van der Waals surface area contributed by atoms with Crippen molar-refractivity contribution in [2.45, 2.75) is 30.5 Å². The first-order valence-corrected chi connectivity index (χ1v) is 7.32. The first-order valence-electron chi connectivity index (χ1n) is 4.65. The molecule has 16 heavy (non-hydrogen) atoms. The molecule has 0 aliphatic rings. The van der Waals surface area contributed by atoms with Crippen molar-refractivity contribution in [3.8, 4) is 0 Å². The standard InChI is InChI=1S/C9H12ClNO3S2/c1-3-7(9(10)12)11-16(13,14)8-5-4-6(2)15-8/h4-5,7,11H,3H2,1-2H3. The van der Waals surface area contributed by atoms with Crippen LogP contribution in [-0.4, -0.2) is 19.7 Å². The maximum Gasteiger partial charge on any atom is 0.250 e. The van der Waals surface area contributed by atoms with Crippen LogP contribution in [0.25, 0.3) is 0 Å². The normalized spacial score (nSPS) is 13.7. The number of nitrogens with one attached hydrogen (secondary N) is 1. The molecule has 1 rings (SSSR count). The van der Waals surface area contributed by atoms with Crippen molar-refractivity contribution in [1.82, 2.24) is 4.72 Å². The quantitative estimate of drug-likeness (QED) is 0.838. The molecular formula is C9H12ClNO3S2. The number of sulfonamides is 1. The van der Waals surface area contributed by atoms with E-state index in [2.05, 4.69) is 4.72 Å². The van der Waals surface area contributed by atoms with Gasteiger partial charge in [0.25, 0.3) is 10.0 Å². The van der Waals surface area contributed by atoms with E-state index in [1.54, 1.807) is 13.0 Å². The second-order valence-corrected chi connectivity index (χ2v) is 6.85. The van der Waals surface area contributed by atoms with Crippen LogP contribution in [-0.2, 0) is 14.8 Å². The van der Waals surface area contributed by atoms with E-state index in [1.165, 1.54) is 6.07 Å². The van der Waals surface area contributed by atoms with Gasteiger partial charge in [0.1, 0.15) is 4.21 Å². The molecule has 4 nitrogen and oxygen atoms in total. The molecule has 1 atom stereocenters. The molecule has 0 amide bonds. The van der Waals surface area contributed by atoms with Gasteiger partial charge >= 0.3 is 0 Å². The van der Waals surface area contributed by atoms with Gasteiger partial charge in [-0.25, -0.2) is 8.42 Å². The Bertz CT molecular complexity index is 481. The molecule has 0 bridgehead atoms. The molecule has 0 aromatic carbocycles. The Morgan fingerprint density at radius 3 is 2.56 bits per heavy atom. The van der Waals surface area contributed by atoms with Crippen molar-refractivity contribution in [1.29, 1.82) is 0 Å². The number of thiophene rings is 1. The summed E-state index contributed by atoms with van der Waals surface area (Å²) in [5.41, 5.74) is 0. The van der Waals surface area contributed by atoms with E-state index >= 15 is 0 Å². The van der Waals surface area contributed by atoms with Crippen LogP contribution in [0.1, 0.15) is 18.2 Å². The SMILES string of the molecule is CCC(NS(=O)(=O)c1ccc(C)s1)C(=O)Cl. The Morgan fingerprint density at radius 2 is 2.19 bits per heavy atom. The van der Waals surface area contributed by atoms with Crippen LogP contribution >= 0.6 is 22.9 Å². The number of carbonyl (C=O) groups excluding carboxylic acids is 1. The summed E-state index contributed by atoms with van der Waals surface area (Å²) in [6.45, 7) is 3.50. The molecule has 1 aromatic heterocycles. The van der Waals surface area contributed by atoms with E-state index in [4.69, 9.17) is 11.6 Å². The van der Waals surface area contributed by atoms with Gasteiger partial charge < -0.3 is 0 Å². The van der Waals surface area contributed by atoms with Crippen LogP contribution in [0.5, 0.6) is 0 Å². The molecule has 1 heterocycles. The summed E-state index contributed by atoms with van der Waals surface area (Å²) in [6.07, 6.45) is 0.325. The van der Waals surface area contributed by atoms with Gasteiger partial charge in [-0.15, -0.1) is 11.3 Å². The lowest BCUT2D eigenvalue weighted by atomic mass is 10.3. The van der Waals surface area contributed by atoms with Crippen molar-refractivity contribution in [3.63, 3.8) is 0 Å². The van der Waals surface area contributed by atoms with E-state index < -0.39 is 21.3 Å². The number of rotatable bonds is 5. The third kappa shape index (κ3) is 3.28. The van der Waals surface area contributed by atoms with Gasteiger partial charge in [-0.05, 0) is 37.1 Å². The minimum absolute atomic E-state index is 0.196. The van der Waals surface area contributed by atoms with Crippen molar-refractivity contribution >= 4 is 38.2 Å². The molecule has 90 valence electrons. The van der Waals surface area contributed by atoms with E-state index in [0.717, 1.165) is 16.2 Å². The van der Waals surface area contributed by atoms with Gasteiger partial charge in [0, 0.05) is 4.88 Å². The van der Waals surface area contributed by atoms with E-state index in [1.807, 2.05) is 6.92 Å². The average Bonchev–Trinajstić information content (AvgIpc) is 2.61. The fourth-order valence-electron chi connectivity index (χ4n) is 1.09. The Morgan fingerprint density at radius 1 is 1.56 bits per heavy atom. The number of halogens is 1. The average molecular weight is 282 g/mol. The van der Waals surface area contributed by atoms with Crippen LogP contribution in [0.15, 0.2) is 16.3 Å². The number of carbonyl (C=O) groups is 1. The zero-order chi connectivity index (χ0) is 12.3. The zero-order valence-electron chi connectivity index (χ0n) is 8.86. The summed E-state index contributed by atoms with van der Waals surface area (Å²) >= 11 is 6.43. The fraction of sp³-hybridized carbons (Fsp3) is 0.444. The lowest BCUT2D eigenvalue weighted by molar-refractivity contribution is -0.113. The Balaban J connectivity index is 2.91. The summed E-state index contributed by atoms with van der Waals surface area (Å²) in [5, 5.41) is -0.695. The van der Waals surface area contributed by atoms with Gasteiger partial charge in [0.2, 0.25) is 5.24 Å². The highest BCUT2D eigenvalue weighted by Crippen LogP contribution is 2.21. The number of hydrogen-bond acceptors (Lipinski definition) is 4. The highest BCUT2D eigenvalue weighted by molar-refractivity contribution is 7.91. The lowest BCUT2D eigenvalue weighted by Crippen LogP contribution is -2.37. The van der Waals surface area contributed by atoms with Crippen LogP contribution in [0, 0.1) is 6.92 Å². The molecule has 0 spiro atoms. The topological polar surface area (TPSA) is 63.2 Å². The Labute approximate surface area is 104 Å². The van der Waals surface area contributed by atoms with Gasteiger partial charge in [0.15, 0.2) is 0 Å². The summed E-state index contributed by atoms with van der Waals surface area (Å²) in [6, 6.07) is 2.35. The van der Waals surface area contributed by atoms with Crippen LogP contribution < -0.4 is 4.72 Å². The lowest BCUT2D eigenvalue weighted by Gasteiger charge is -2.11. The molecule has 1 aromatic rings. The van der Waals surface area contributed by atoms with Crippen molar-refractivity contribution < 1.29 is 13.2 Å². The summed E-state index contributed by atoms with van der Waals surface area (Å²) in [4.78, 5) is 11.8. The van der Waals surface area contributed by atoms with Gasteiger partial charge in [-0.3, -0.25) is 4.79 Å². The minimum Gasteiger partial charge on any atom is -0.279 e. The van der Waals surface area contributed by atoms with E-state index in [-0.39, 0.29) is 4.21 Å². The highest BCUT2D eigenvalue weighted by Gasteiger charge is 2.23. The van der Waals surface area contributed by atoms with Gasteiger partial charge in [0.05, 0.1) is 6.04 Å². The van der Waals surface area contributed by atoms with E-state index in [0.29, 0.717) is 6.42 Å². The highest BCUT2D eigenvalue weighted by atomic mass is 35.5. The summed E-state index contributed by atoms with van der Waals surface area (Å²) in [7, 11) is -3.63. The Kier molecular flexibility index (Phi) is 4.49. The third-order valence-electron chi connectivity index (χ3n) is 1.96.